The van der Waals surface area contributed by atoms with Crippen LogP contribution in [0.1, 0.15) is 23.5 Å². The molecule has 1 N–H and O–H groups in total. The number of nitrogens with one attached hydrogen (secondary N) is 1. The number of para-hydroxylation sites is 1. The summed E-state index contributed by atoms with van der Waals surface area (Å²) in [5.41, 5.74) is 2.28. The zero-order chi connectivity index (χ0) is 17.9. The summed E-state index contributed by atoms with van der Waals surface area (Å²) in [4.78, 5) is 22.4. The van der Waals surface area contributed by atoms with Gasteiger partial charge in [-0.15, -0.1) is 11.3 Å². The highest BCUT2D eigenvalue weighted by Gasteiger charge is 2.18. The van der Waals surface area contributed by atoms with E-state index in [9.17, 15) is 0 Å². The molecule has 0 saturated carbocycles. The SMILES string of the molecule is CC(Nc1ncnc2ccccc12)c1nccnc1-c1ncc(C#N)s1. The third-order valence-corrected chi connectivity index (χ3v) is 4.76. The van der Waals surface area contributed by atoms with Gasteiger partial charge in [0, 0.05) is 17.8 Å². The smallest absolute Gasteiger partial charge is 0.145 e. The highest BCUT2D eigenvalue weighted by atomic mass is 32.1. The minimum atomic E-state index is -0.161. The lowest BCUT2D eigenvalue weighted by molar-refractivity contribution is 0.825. The quantitative estimate of drug-likeness (QED) is 0.594. The second kappa shape index (κ2) is 6.82. The molecule has 4 rings (SSSR count). The van der Waals surface area contributed by atoms with Gasteiger partial charge in [0.1, 0.15) is 33.8 Å². The number of anilines is 1. The molecular formula is C18H13N7S. The maximum atomic E-state index is 9.03. The molecular weight excluding hydrogens is 346 g/mol. The zero-order valence-corrected chi connectivity index (χ0v) is 14.6. The molecule has 0 amide bonds. The van der Waals surface area contributed by atoms with Gasteiger partial charge in [-0.25, -0.2) is 15.0 Å². The Kier molecular flexibility index (Phi) is 4.21. The van der Waals surface area contributed by atoms with Gasteiger partial charge < -0.3 is 5.32 Å². The van der Waals surface area contributed by atoms with Gasteiger partial charge in [0.05, 0.1) is 23.4 Å². The molecule has 1 aromatic carbocycles. The lowest BCUT2D eigenvalue weighted by Crippen LogP contribution is -2.12. The highest BCUT2D eigenvalue weighted by Crippen LogP contribution is 2.30. The van der Waals surface area contributed by atoms with E-state index >= 15 is 0 Å². The van der Waals surface area contributed by atoms with Gasteiger partial charge in [0.25, 0.3) is 0 Å². The molecule has 8 heteroatoms. The van der Waals surface area contributed by atoms with Crippen molar-refractivity contribution in [1.29, 1.82) is 5.26 Å². The summed E-state index contributed by atoms with van der Waals surface area (Å²) in [7, 11) is 0. The lowest BCUT2D eigenvalue weighted by Gasteiger charge is -2.16. The summed E-state index contributed by atoms with van der Waals surface area (Å²) in [5, 5.41) is 14.0. The molecule has 26 heavy (non-hydrogen) atoms. The summed E-state index contributed by atoms with van der Waals surface area (Å²) in [5.74, 6) is 0.733. The first kappa shape index (κ1) is 16.1. The normalized spacial score (nSPS) is 11.8. The first-order chi connectivity index (χ1) is 12.8. The lowest BCUT2D eigenvalue weighted by atomic mass is 10.1. The average Bonchev–Trinajstić information content (AvgIpc) is 3.17. The van der Waals surface area contributed by atoms with E-state index in [4.69, 9.17) is 5.26 Å². The van der Waals surface area contributed by atoms with E-state index in [0.29, 0.717) is 15.6 Å². The Morgan fingerprint density at radius 2 is 1.92 bits per heavy atom. The molecule has 126 valence electrons. The number of nitrogens with zero attached hydrogens (tertiary/aromatic N) is 6. The Bertz CT molecular complexity index is 1110. The fourth-order valence-electron chi connectivity index (χ4n) is 2.66. The monoisotopic (exact) mass is 359 g/mol. The van der Waals surface area contributed by atoms with Gasteiger partial charge in [-0.1, -0.05) is 12.1 Å². The Labute approximate surface area is 153 Å². The summed E-state index contributed by atoms with van der Waals surface area (Å²) in [6, 6.07) is 9.75. The van der Waals surface area contributed by atoms with Crippen LogP contribution in [-0.4, -0.2) is 24.9 Å². The molecule has 7 nitrogen and oxygen atoms in total. The maximum absolute atomic E-state index is 9.03. The van der Waals surface area contributed by atoms with Crippen LogP contribution in [0.3, 0.4) is 0 Å². The van der Waals surface area contributed by atoms with E-state index in [1.54, 1.807) is 18.6 Å². The van der Waals surface area contributed by atoms with Gasteiger partial charge >= 0.3 is 0 Å². The van der Waals surface area contributed by atoms with Crippen LogP contribution in [0, 0.1) is 11.3 Å². The number of hydrogen-bond acceptors (Lipinski definition) is 8. The van der Waals surface area contributed by atoms with Crippen LogP contribution in [-0.2, 0) is 0 Å². The van der Waals surface area contributed by atoms with Crippen LogP contribution in [0.4, 0.5) is 5.82 Å². The van der Waals surface area contributed by atoms with E-state index in [2.05, 4.69) is 36.3 Å². The Balaban J connectivity index is 1.71. The molecule has 0 aliphatic rings. The molecule has 1 unspecified atom stereocenters. The van der Waals surface area contributed by atoms with Gasteiger partial charge in [-0.3, -0.25) is 9.97 Å². The van der Waals surface area contributed by atoms with E-state index in [0.717, 1.165) is 22.4 Å². The Morgan fingerprint density at radius 3 is 2.77 bits per heavy atom. The van der Waals surface area contributed by atoms with Crippen molar-refractivity contribution >= 4 is 28.1 Å². The number of aromatic nitrogens is 5. The summed E-state index contributed by atoms with van der Waals surface area (Å²) in [6.45, 7) is 1.99. The van der Waals surface area contributed by atoms with Gasteiger partial charge in [-0.2, -0.15) is 5.26 Å². The molecule has 0 spiro atoms. The molecule has 3 heterocycles. The molecule has 4 aromatic rings. The second-order valence-electron chi connectivity index (χ2n) is 5.54. The molecule has 0 bridgehead atoms. The summed E-state index contributed by atoms with van der Waals surface area (Å²) in [6.07, 6.45) is 6.36. The van der Waals surface area contributed by atoms with Crippen molar-refractivity contribution in [2.24, 2.45) is 0 Å². The molecule has 1 atom stereocenters. The average molecular weight is 359 g/mol. The largest absolute Gasteiger partial charge is 0.361 e. The number of fused-ring (bicyclic) bond motifs is 1. The van der Waals surface area contributed by atoms with E-state index < -0.39 is 0 Å². The highest BCUT2D eigenvalue weighted by molar-refractivity contribution is 7.15. The van der Waals surface area contributed by atoms with Crippen LogP contribution in [0.15, 0.2) is 49.2 Å². The Hall–Kier alpha value is -3.44. The minimum Gasteiger partial charge on any atom is -0.361 e. The van der Waals surface area contributed by atoms with Crippen molar-refractivity contribution < 1.29 is 0 Å². The van der Waals surface area contributed by atoms with Crippen LogP contribution in [0.5, 0.6) is 0 Å². The Morgan fingerprint density at radius 1 is 1.08 bits per heavy atom. The predicted molar refractivity (Wildman–Crippen MR) is 99.4 cm³/mol. The van der Waals surface area contributed by atoms with Gasteiger partial charge in [-0.05, 0) is 19.1 Å². The van der Waals surface area contributed by atoms with Crippen molar-refractivity contribution in [2.75, 3.05) is 5.32 Å². The van der Waals surface area contributed by atoms with E-state index in [1.807, 2.05) is 31.2 Å². The van der Waals surface area contributed by atoms with Crippen molar-refractivity contribution in [2.45, 2.75) is 13.0 Å². The van der Waals surface area contributed by atoms with E-state index in [1.165, 1.54) is 17.7 Å². The summed E-state index contributed by atoms with van der Waals surface area (Å²) < 4.78 is 0. The van der Waals surface area contributed by atoms with E-state index in [-0.39, 0.29) is 6.04 Å². The third kappa shape index (κ3) is 2.96. The molecule has 0 aliphatic heterocycles. The first-order valence-electron chi connectivity index (χ1n) is 7.89. The van der Waals surface area contributed by atoms with Crippen LogP contribution in [0.25, 0.3) is 21.6 Å². The standard InChI is InChI=1S/C18H13N7S/c1-11(25-17-13-4-2-3-5-14(13)23-10-24-17)15-16(21-7-6-20-15)18-22-9-12(8-19)26-18/h2-7,9-11H,1H3,(H,23,24,25). The number of thiazole rings is 1. The van der Waals surface area contributed by atoms with Crippen molar-refractivity contribution in [3.63, 3.8) is 0 Å². The minimum absolute atomic E-state index is 0.161. The van der Waals surface area contributed by atoms with Crippen LogP contribution in [0.2, 0.25) is 0 Å². The molecule has 3 aromatic heterocycles. The van der Waals surface area contributed by atoms with Gasteiger partial charge in [0.2, 0.25) is 0 Å². The van der Waals surface area contributed by atoms with Crippen LogP contribution < -0.4 is 5.32 Å². The van der Waals surface area contributed by atoms with Crippen molar-refractivity contribution in [3.8, 4) is 16.8 Å². The van der Waals surface area contributed by atoms with Crippen LogP contribution >= 0.6 is 11.3 Å². The number of rotatable bonds is 4. The zero-order valence-electron chi connectivity index (χ0n) is 13.8. The number of hydrogen-bond donors (Lipinski definition) is 1. The number of nitriles is 1. The summed E-state index contributed by atoms with van der Waals surface area (Å²) >= 11 is 1.30. The molecule has 0 saturated heterocycles. The van der Waals surface area contributed by atoms with Gasteiger partial charge in [0.15, 0.2) is 0 Å². The van der Waals surface area contributed by atoms with Crippen molar-refractivity contribution in [1.82, 2.24) is 24.9 Å². The predicted octanol–water partition coefficient (Wildman–Crippen LogP) is 3.59. The molecule has 0 radical (unpaired) electrons. The topological polar surface area (TPSA) is 100 Å². The van der Waals surface area contributed by atoms with Crippen molar-refractivity contribution in [3.05, 3.63) is 59.8 Å². The molecule has 0 fully saturated rings. The second-order valence-corrected chi connectivity index (χ2v) is 6.57. The molecule has 0 aliphatic carbocycles. The number of benzene rings is 1. The fourth-order valence-corrected chi connectivity index (χ4v) is 3.38. The maximum Gasteiger partial charge on any atom is 0.145 e. The third-order valence-electron chi connectivity index (χ3n) is 3.85. The first-order valence-corrected chi connectivity index (χ1v) is 8.71. The fraction of sp³-hybridized carbons (Fsp3) is 0.111.